The summed E-state index contributed by atoms with van der Waals surface area (Å²) in [5.74, 6) is -3.65. The number of pyridine rings is 2. The molecule has 7 nitrogen and oxygen atoms in total. The van der Waals surface area contributed by atoms with Crippen molar-refractivity contribution in [3.63, 3.8) is 0 Å². The molecule has 3 heterocycles. The number of hydrogen-bond acceptors (Lipinski definition) is 5. The van der Waals surface area contributed by atoms with Crippen molar-refractivity contribution in [1.82, 2.24) is 14.5 Å². The van der Waals surface area contributed by atoms with Crippen molar-refractivity contribution in [2.24, 2.45) is 18.7 Å². The highest BCUT2D eigenvalue weighted by atomic mass is 19.3. The number of carbonyl (C=O) groups excluding carboxylic acids is 1. The number of carbonyl (C=O) groups is 1. The molecule has 2 fully saturated rings. The Hall–Kier alpha value is -2.81. The summed E-state index contributed by atoms with van der Waals surface area (Å²) in [7, 11) is 1.52. The van der Waals surface area contributed by atoms with Crippen LogP contribution in [-0.4, -0.2) is 46.0 Å². The fourth-order valence-electron chi connectivity index (χ4n) is 4.18. The second-order valence-corrected chi connectivity index (χ2v) is 8.99. The lowest BCUT2D eigenvalue weighted by atomic mass is 9.83. The smallest absolute Gasteiger partial charge is 0.257 e. The van der Waals surface area contributed by atoms with Crippen LogP contribution in [0.15, 0.2) is 41.5 Å². The van der Waals surface area contributed by atoms with Crippen molar-refractivity contribution in [3.05, 3.63) is 58.3 Å². The second-order valence-electron chi connectivity index (χ2n) is 8.99. The Kier molecular flexibility index (Phi) is 5.79. The van der Waals surface area contributed by atoms with E-state index in [4.69, 9.17) is 10.5 Å². The van der Waals surface area contributed by atoms with Crippen molar-refractivity contribution in [1.29, 1.82) is 0 Å². The molecular weight excluding hydrogens is 418 g/mol. The fourth-order valence-corrected chi connectivity index (χ4v) is 4.18. The van der Waals surface area contributed by atoms with Gasteiger partial charge in [0.05, 0.1) is 24.4 Å². The molecule has 0 spiro atoms. The summed E-state index contributed by atoms with van der Waals surface area (Å²) in [5, 5.41) is 0. The number of aromatic nitrogens is 2. The van der Waals surface area contributed by atoms with E-state index in [0.717, 1.165) is 0 Å². The van der Waals surface area contributed by atoms with E-state index < -0.39 is 29.7 Å². The Morgan fingerprint density at radius 3 is 2.66 bits per heavy atom. The van der Waals surface area contributed by atoms with E-state index in [1.165, 1.54) is 42.8 Å². The average Bonchev–Trinajstić information content (AvgIpc) is 3.58. The molecule has 1 aliphatic heterocycles. The Morgan fingerprint density at radius 1 is 1.31 bits per heavy atom. The zero-order valence-corrected chi connectivity index (χ0v) is 18.3. The van der Waals surface area contributed by atoms with Gasteiger partial charge in [0.2, 0.25) is 11.5 Å². The fraction of sp³-hybridized carbons (Fsp3) is 0.522. The Balaban J connectivity index is 1.61. The summed E-state index contributed by atoms with van der Waals surface area (Å²) in [4.78, 5) is 30.4. The maximum Gasteiger partial charge on any atom is 0.257 e. The molecule has 9 heteroatoms. The highest BCUT2D eigenvalue weighted by molar-refractivity contribution is 5.85. The number of rotatable bonds is 7. The first-order valence-electron chi connectivity index (χ1n) is 10.8. The zero-order valence-electron chi connectivity index (χ0n) is 18.3. The predicted octanol–water partition coefficient (Wildman–Crippen LogP) is 2.39. The monoisotopic (exact) mass is 446 g/mol. The summed E-state index contributed by atoms with van der Waals surface area (Å²) >= 11 is 0. The lowest BCUT2D eigenvalue weighted by Crippen LogP contribution is -2.59. The first-order chi connectivity index (χ1) is 15.1. The van der Waals surface area contributed by atoms with Crippen molar-refractivity contribution >= 4 is 5.91 Å². The number of alkyl halides is 2. The number of ether oxygens (including phenoxy) is 1. The Morgan fingerprint density at radius 2 is 2.06 bits per heavy atom. The summed E-state index contributed by atoms with van der Waals surface area (Å²) in [6, 6.07) is 6.10. The number of nitrogens with two attached hydrogens (primary N) is 1. The van der Waals surface area contributed by atoms with Gasteiger partial charge in [0, 0.05) is 38.8 Å². The first-order valence-corrected chi connectivity index (χ1v) is 10.8. The third-order valence-corrected chi connectivity index (χ3v) is 6.67. The van der Waals surface area contributed by atoms with Crippen LogP contribution in [0.3, 0.4) is 0 Å². The van der Waals surface area contributed by atoms with Gasteiger partial charge in [-0.3, -0.25) is 19.5 Å². The van der Waals surface area contributed by atoms with Crippen LogP contribution in [0.4, 0.5) is 8.78 Å². The van der Waals surface area contributed by atoms with Crippen LogP contribution in [0.2, 0.25) is 0 Å². The molecule has 2 aromatic heterocycles. The number of aryl methyl sites for hydroxylation is 1. The zero-order chi connectivity index (χ0) is 23.1. The van der Waals surface area contributed by atoms with E-state index in [1.54, 1.807) is 30.2 Å². The molecule has 1 saturated carbocycles. The van der Waals surface area contributed by atoms with Crippen LogP contribution in [0.1, 0.15) is 43.4 Å². The van der Waals surface area contributed by atoms with Gasteiger partial charge in [-0.25, -0.2) is 8.78 Å². The molecule has 172 valence electrons. The van der Waals surface area contributed by atoms with Crippen LogP contribution in [0, 0.1) is 5.92 Å². The van der Waals surface area contributed by atoms with Crippen LogP contribution < -0.4 is 16.0 Å². The Labute approximate surface area is 185 Å². The predicted molar refractivity (Wildman–Crippen MR) is 115 cm³/mol. The summed E-state index contributed by atoms with van der Waals surface area (Å²) in [6.45, 7) is 2.13. The highest BCUT2D eigenvalue weighted by Crippen LogP contribution is 2.43. The minimum absolute atomic E-state index is 0.0175. The molecule has 2 aromatic rings. The maximum atomic E-state index is 14.9. The van der Waals surface area contributed by atoms with Gasteiger partial charge in [0.1, 0.15) is 11.3 Å². The number of hydrogen-bond donors (Lipinski definition) is 1. The lowest BCUT2D eigenvalue weighted by molar-refractivity contribution is -0.139. The quantitative estimate of drug-likeness (QED) is 0.705. The molecule has 1 unspecified atom stereocenters. The minimum atomic E-state index is -2.99. The molecule has 0 aromatic carbocycles. The van der Waals surface area contributed by atoms with Crippen molar-refractivity contribution in [2.45, 2.75) is 43.6 Å². The molecule has 32 heavy (non-hydrogen) atoms. The van der Waals surface area contributed by atoms with Crippen LogP contribution in [0.5, 0.6) is 5.75 Å². The second kappa shape index (κ2) is 8.27. The van der Waals surface area contributed by atoms with Gasteiger partial charge in [-0.1, -0.05) is 6.07 Å². The van der Waals surface area contributed by atoms with Gasteiger partial charge in [0.25, 0.3) is 5.92 Å². The first kappa shape index (κ1) is 22.4. The minimum Gasteiger partial charge on any atom is -0.492 e. The molecule has 0 bridgehead atoms. The molecule has 2 N–H and O–H groups in total. The SMILES string of the molecule is Cn1cc([C@H]2CN(C(C)(C(N)=O)c3ccc(OCC4CC4)cn3)CCC2(F)F)ccc1=O. The summed E-state index contributed by atoms with van der Waals surface area (Å²) < 4.78 is 36.8. The van der Waals surface area contributed by atoms with Gasteiger partial charge < -0.3 is 15.0 Å². The van der Waals surface area contributed by atoms with E-state index in [-0.39, 0.29) is 18.6 Å². The number of piperidine rings is 1. The molecule has 1 amide bonds. The number of likely N-dealkylation sites (tertiary alicyclic amines) is 1. The van der Waals surface area contributed by atoms with Crippen molar-refractivity contribution in [3.8, 4) is 5.75 Å². The lowest BCUT2D eigenvalue weighted by Gasteiger charge is -2.46. The van der Waals surface area contributed by atoms with Gasteiger partial charge in [0.15, 0.2) is 0 Å². The molecule has 0 radical (unpaired) electrons. The largest absolute Gasteiger partial charge is 0.492 e. The normalized spacial score (nSPS) is 22.8. The standard InChI is InChI=1S/C23H28F2N4O3/c1-22(21(26)31,19-7-6-17(11-27-19)32-14-15-3-4-15)29-10-9-23(24,25)18(13-29)16-5-8-20(30)28(2)12-16/h5-8,11-12,15,18H,3-4,9-10,13-14H2,1-2H3,(H2,26,31)/t18-,22?/m1/s1. The summed E-state index contributed by atoms with van der Waals surface area (Å²) in [5.41, 5.74) is 4.86. The molecule has 4 rings (SSSR count). The van der Waals surface area contributed by atoms with Gasteiger partial charge >= 0.3 is 0 Å². The maximum absolute atomic E-state index is 14.9. The molecule has 1 saturated heterocycles. The van der Waals surface area contributed by atoms with Gasteiger partial charge in [-0.15, -0.1) is 0 Å². The van der Waals surface area contributed by atoms with E-state index >= 15 is 0 Å². The van der Waals surface area contributed by atoms with E-state index in [2.05, 4.69) is 4.98 Å². The number of primary amides is 1. The summed E-state index contributed by atoms with van der Waals surface area (Å²) in [6.07, 6.45) is 4.87. The van der Waals surface area contributed by atoms with Gasteiger partial charge in [-0.05, 0) is 43.4 Å². The van der Waals surface area contributed by atoms with E-state index in [9.17, 15) is 18.4 Å². The molecular formula is C23H28F2N4O3. The van der Waals surface area contributed by atoms with E-state index in [0.29, 0.717) is 29.5 Å². The molecule has 1 aliphatic carbocycles. The number of amides is 1. The number of halogens is 2. The Bertz CT molecular complexity index is 1050. The van der Waals surface area contributed by atoms with E-state index in [1.807, 2.05) is 0 Å². The van der Waals surface area contributed by atoms with Crippen LogP contribution in [-0.2, 0) is 17.4 Å². The number of nitrogens with zero attached hydrogens (tertiary/aromatic N) is 3. The van der Waals surface area contributed by atoms with Crippen molar-refractivity contribution < 1.29 is 18.3 Å². The van der Waals surface area contributed by atoms with Crippen LogP contribution in [0.25, 0.3) is 0 Å². The van der Waals surface area contributed by atoms with Crippen molar-refractivity contribution in [2.75, 3.05) is 19.7 Å². The third kappa shape index (κ3) is 4.26. The third-order valence-electron chi connectivity index (χ3n) is 6.67. The average molecular weight is 446 g/mol. The molecule has 2 atom stereocenters. The van der Waals surface area contributed by atoms with Gasteiger partial charge in [-0.2, -0.15) is 0 Å². The van der Waals surface area contributed by atoms with Crippen LogP contribution >= 0.6 is 0 Å². The topological polar surface area (TPSA) is 90.4 Å². The molecule has 2 aliphatic rings. The highest BCUT2D eigenvalue weighted by Gasteiger charge is 2.51.